The lowest BCUT2D eigenvalue weighted by Crippen LogP contribution is -2.13. The summed E-state index contributed by atoms with van der Waals surface area (Å²) in [5, 5.41) is 6.71. The molecule has 0 unspecified atom stereocenters. The van der Waals surface area contributed by atoms with Gasteiger partial charge in [-0.1, -0.05) is 6.07 Å². The number of nitrogens with one attached hydrogen (secondary N) is 1. The van der Waals surface area contributed by atoms with Gasteiger partial charge in [0, 0.05) is 18.3 Å². The quantitative estimate of drug-likeness (QED) is 0.396. The first-order valence-electron chi connectivity index (χ1n) is 9.29. The van der Waals surface area contributed by atoms with E-state index in [4.69, 9.17) is 4.74 Å². The van der Waals surface area contributed by atoms with E-state index >= 15 is 0 Å². The van der Waals surface area contributed by atoms with E-state index in [2.05, 4.69) is 20.1 Å². The molecule has 2 aromatic heterocycles. The highest BCUT2D eigenvalue weighted by Gasteiger charge is 2.30. The van der Waals surface area contributed by atoms with Crippen molar-refractivity contribution in [3.63, 3.8) is 0 Å². The molecule has 0 aliphatic heterocycles. The molecule has 0 aliphatic carbocycles. The zero-order valence-electron chi connectivity index (χ0n) is 17.2. The molecule has 174 valence electrons. The number of hydrogen-bond acceptors (Lipinski definition) is 5. The van der Waals surface area contributed by atoms with Gasteiger partial charge < -0.3 is 14.8 Å². The van der Waals surface area contributed by atoms with E-state index in [1.165, 1.54) is 48.2 Å². The number of carbonyl (C=O) groups excluding carboxylic acids is 1. The van der Waals surface area contributed by atoms with Crippen molar-refractivity contribution in [2.75, 3.05) is 12.4 Å². The molecule has 12 heteroatoms. The maximum absolute atomic E-state index is 12.8. The van der Waals surface area contributed by atoms with Crippen LogP contribution in [0.3, 0.4) is 0 Å². The lowest BCUT2D eigenvalue weighted by Gasteiger charge is -2.10. The van der Waals surface area contributed by atoms with E-state index in [9.17, 15) is 26.7 Å². The molecule has 3 rings (SSSR count). The first kappa shape index (κ1) is 23.7. The minimum absolute atomic E-state index is 0.0555. The molecular weight excluding hydrogens is 451 g/mol. The first-order chi connectivity index (χ1) is 15.6. The van der Waals surface area contributed by atoms with Gasteiger partial charge in [0.25, 0.3) is 0 Å². The normalized spacial score (nSPS) is 11.8. The van der Waals surface area contributed by atoms with Gasteiger partial charge in [-0.05, 0) is 42.8 Å². The lowest BCUT2D eigenvalue weighted by atomic mass is 10.2. The summed E-state index contributed by atoms with van der Waals surface area (Å²) in [7, 11) is 1.28. The van der Waals surface area contributed by atoms with E-state index in [1.807, 2.05) is 0 Å². The largest absolute Gasteiger partial charge is 0.493 e. The highest BCUT2D eigenvalue weighted by molar-refractivity contribution is 6.01. The van der Waals surface area contributed by atoms with Crippen molar-refractivity contribution in [1.82, 2.24) is 14.8 Å². The second kappa shape index (κ2) is 9.67. The van der Waals surface area contributed by atoms with E-state index in [0.29, 0.717) is 17.5 Å². The molecule has 1 aromatic carbocycles. The number of benzene rings is 1. The second-order valence-corrected chi connectivity index (χ2v) is 6.60. The van der Waals surface area contributed by atoms with Crippen LogP contribution in [-0.2, 0) is 11.0 Å². The Morgan fingerprint density at radius 2 is 1.91 bits per heavy atom. The molecule has 0 aliphatic rings. The third kappa shape index (κ3) is 6.05. The number of rotatable bonds is 7. The Balaban J connectivity index is 1.76. The van der Waals surface area contributed by atoms with Crippen molar-refractivity contribution in [3.05, 3.63) is 65.5 Å². The highest BCUT2D eigenvalue weighted by atomic mass is 19.4. The van der Waals surface area contributed by atoms with Crippen LogP contribution in [0.4, 0.5) is 27.8 Å². The molecule has 7 nitrogen and oxygen atoms in total. The molecule has 0 atom stereocenters. The lowest BCUT2D eigenvalue weighted by molar-refractivity contribution is -0.137. The number of methoxy groups -OCH3 is 1. The van der Waals surface area contributed by atoms with Crippen LogP contribution in [-0.4, -0.2) is 34.4 Å². The summed E-state index contributed by atoms with van der Waals surface area (Å²) >= 11 is 0. The minimum Gasteiger partial charge on any atom is -0.493 e. The van der Waals surface area contributed by atoms with Crippen molar-refractivity contribution in [3.8, 4) is 17.3 Å². The summed E-state index contributed by atoms with van der Waals surface area (Å²) in [6.07, 6.45) is -1.27. The fourth-order valence-electron chi connectivity index (χ4n) is 2.76. The van der Waals surface area contributed by atoms with E-state index in [1.54, 1.807) is 6.92 Å². The number of amides is 1. The molecule has 0 spiro atoms. The summed E-state index contributed by atoms with van der Waals surface area (Å²) in [5.74, 6) is -0.408. The number of nitrogens with zero attached hydrogens (tertiary/aromatic N) is 3. The van der Waals surface area contributed by atoms with Crippen LogP contribution in [0.25, 0.3) is 11.9 Å². The fourth-order valence-corrected chi connectivity index (χ4v) is 2.76. The Bertz CT molecular complexity index is 1160. The fraction of sp³-hybridized carbons (Fsp3) is 0.190. The Hall–Kier alpha value is -3.96. The molecule has 33 heavy (non-hydrogen) atoms. The Morgan fingerprint density at radius 3 is 2.52 bits per heavy atom. The average molecular weight is 468 g/mol. The number of pyridine rings is 1. The van der Waals surface area contributed by atoms with Gasteiger partial charge in [0.2, 0.25) is 5.91 Å². The summed E-state index contributed by atoms with van der Waals surface area (Å²) in [4.78, 5) is 16.1. The van der Waals surface area contributed by atoms with Gasteiger partial charge in [0.15, 0.2) is 17.3 Å². The molecule has 0 radical (unpaired) electrons. The van der Waals surface area contributed by atoms with Crippen molar-refractivity contribution < 1.29 is 36.2 Å². The van der Waals surface area contributed by atoms with Gasteiger partial charge in [-0.15, -0.1) is 0 Å². The molecule has 3 aromatic rings. The predicted octanol–water partition coefficient (Wildman–Crippen LogP) is 4.86. The van der Waals surface area contributed by atoms with Gasteiger partial charge in [-0.25, -0.2) is 4.98 Å². The number of hydrogen-bond donors (Lipinski definition) is 1. The van der Waals surface area contributed by atoms with E-state index < -0.39 is 24.3 Å². The van der Waals surface area contributed by atoms with E-state index in [0.717, 1.165) is 12.1 Å². The van der Waals surface area contributed by atoms with Crippen molar-refractivity contribution >= 4 is 17.8 Å². The average Bonchev–Trinajstić information content (AvgIpc) is 3.12. The minimum atomic E-state index is -4.53. The summed E-state index contributed by atoms with van der Waals surface area (Å²) in [6, 6.07) is 7.64. The predicted molar refractivity (Wildman–Crippen MR) is 108 cm³/mol. The van der Waals surface area contributed by atoms with Gasteiger partial charge in [-0.2, -0.15) is 31.7 Å². The van der Waals surface area contributed by atoms with Crippen LogP contribution < -0.4 is 14.8 Å². The van der Waals surface area contributed by atoms with Gasteiger partial charge in [0.05, 0.1) is 18.4 Å². The highest BCUT2D eigenvalue weighted by Crippen LogP contribution is 2.30. The van der Waals surface area contributed by atoms with Crippen molar-refractivity contribution in [2.45, 2.75) is 19.7 Å². The monoisotopic (exact) mass is 468 g/mol. The van der Waals surface area contributed by atoms with Crippen molar-refractivity contribution in [2.24, 2.45) is 0 Å². The maximum atomic E-state index is 12.8. The molecule has 0 fully saturated rings. The number of halogens is 5. The number of aromatic nitrogens is 3. The van der Waals surface area contributed by atoms with Crippen LogP contribution in [0.1, 0.15) is 16.8 Å². The summed E-state index contributed by atoms with van der Waals surface area (Å²) < 4.78 is 73.6. The van der Waals surface area contributed by atoms with Crippen LogP contribution in [0.5, 0.6) is 11.5 Å². The number of aryl methyl sites for hydroxylation is 1. The zero-order chi connectivity index (χ0) is 24.2. The number of alkyl halides is 5. The first-order valence-corrected chi connectivity index (χ1v) is 9.29. The van der Waals surface area contributed by atoms with Gasteiger partial charge >= 0.3 is 12.8 Å². The van der Waals surface area contributed by atoms with E-state index in [-0.39, 0.29) is 23.1 Å². The zero-order valence-corrected chi connectivity index (χ0v) is 17.2. The molecule has 1 N–H and O–H groups in total. The smallest absolute Gasteiger partial charge is 0.417 e. The molecule has 1 amide bonds. The van der Waals surface area contributed by atoms with Crippen LogP contribution >= 0.6 is 0 Å². The van der Waals surface area contributed by atoms with Gasteiger partial charge in [-0.3, -0.25) is 4.79 Å². The van der Waals surface area contributed by atoms with Crippen LogP contribution in [0, 0.1) is 6.92 Å². The number of ether oxygens (including phenoxy) is 2. The number of carbonyl (C=O) groups is 1. The number of anilines is 1. The summed E-state index contributed by atoms with van der Waals surface area (Å²) in [6.45, 7) is -1.37. The standard InChI is InChI=1S/C21H17F5N4O3/c1-12-9-18(30(29-12)17-7-5-14(11-27-17)21(24,25)26)28-19(31)8-4-13-3-6-15(33-20(22)23)16(10-13)32-2/h3-11,20H,1-2H3,(H,28,31)/b8-4+. The molecule has 0 bridgehead atoms. The molecule has 2 heterocycles. The molecular formula is C21H17F5N4O3. The topological polar surface area (TPSA) is 78.3 Å². The SMILES string of the molecule is COc1cc(/C=C/C(=O)Nc2cc(C)nn2-c2ccc(C(F)(F)F)cn2)ccc1OC(F)F. The van der Waals surface area contributed by atoms with Gasteiger partial charge in [0.1, 0.15) is 5.82 Å². The van der Waals surface area contributed by atoms with Crippen LogP contribution in [0.2, 0.25) is 0 Å². The van der Waals surface area contributed by atoms with Crippen LogP contribution in [0.15, 0.2) is 48.7 Å². The summed E-state index contributed by atoms with van der Waals surface area (Å²) in [5.41, 5.74) is 0.0529. The molecule has 0 saturated carbocycles. The third-order valence-corrected chi connectivity index (χ3v) is 4.21. The molecule has 0 saturated heterocycles. The Kier molecular flexibility index (Phi) is 6.95. The second-order valence-electron chi connectivity index (χ2n) is 6.60. The van der Waals surface area contributed by atoms with Crippen molar-refractivity contribution in [1.29, 1.82) is 0 Å². The third-order valence-electron chi connectivity index (χ3n) is 4.21. The maximum Gasteiger partial charge on any atom is 0.417 e. The Labute approximate surface area is 184 Å². The Morgan fingerprint density at radius 1 is 1.15 bits per heavy atom.